The molecule has 0 aliphatic carbocycles. The van der Waals surface area contributed by atoms with Gasteiger partial charge in [0.05, 0.1) is 5.69 Å². The number of hydrogen-bond acceptors (Lipinski definition) is 4. The second-order valence-corrected chi connectivity index (χ2v) is 5.55. The lowest BCUT2D eigenvalue weighted by Crippen LogP contribution is -2.31. The Balaban J connectivity index is 1.54. The van der Waals surface area contributed by atoms with Crippen LogP contribution in [0.3, 0.4) is 0 Å². The Kier molecular flexibility index (Phi) is 2.93. The van der Waals surface area contributed by atoms with Gasteiger partial charge in [-0.05, 0) is 19.1 Å². The highest BCUT2D eigenvalue weighted by Crippen LogP contribution is 2.18. The lowest BCUT2D eigenvalue weighted by molar-refractivity contribution is 0.240. The van der Waals surface area contributed by atoms with Gasteiger partial charge in [0.1, 0.15) is 11.5 Å². The number of aromatic nitrogens is 4. The molecule has 0 saturated heterocycles. The van der Waals surface area contributed by atoms with E-state index in [4.69, 9.17) is 0 Å². The highest BCUT2D eigenvalue weighted by Gasteiger charge is 2.18. The number of imidazole rings is 1. The molecule has 3 aromatic rings. The topological polar surface area (TPSA) is 46.3 Å². The number of rotatable bonds is 2. The molecule has 4 heterocycles. The van der Waals surface area contributed by atoms with Gasteiger partial charge in [-0.1, -0.05) is 6.07 Å². The maximum absolute atomic E-state index is 4.67. The number of hydrogen-bond donors (Lipinski definition) is 0. The summed E-state index contributed by atoms with van der Waals surface area (Å²) >= 11 is 0. The number of pyridine rings is 1. The van der Waals surface area contributed by atoms with Gasteiger partial charge in [-0.2, -0.15) is 0 Å². The van der Waals surface area contributed by atoms with Crippen LogP contribution in [0, 0.1) is 6.92 Å². The predicted octanol–water partition coefficient (Wildman–Crippen LogP) is 1.99. The molecule has 5 heteroatoms. The Morgan fingerprint density at radius 1 is 1.24 bits per heavy atom. The minimum absolute atomic E-state index is 0.863. The molecule has 0 fully saturated rings. The van der Waals surface area contributed by atoms with Crippen LogP contribution in [0.25, 0.3) is 5.65 Å². The van der Waals surface area contributed by atoms with Gasteiger partial charge in [0.15, 0.2) is 0 Å². The molecule has 0 spiro atoms. The van der Waals surface area contributed by atoms with Crippen LogP contribution < -0.4 is 0 Å². The molecule has 1 aliphatic heterocycles. The molecule has 4 rings (SSSR count). The van der Waals surface area contributed by atoms with Crippen molar-refractivity contribution in [3.05, 3.63) is 59.6 Å². The summed E-state index contributed by atoms with van der Waals surface area (Å²) in [5.74, 6) is 0.863. The van der Waals surface area contributed by atoms with Gasteiger partial charge in [0.25, 0.3) is 0 Å². The standard InChI is InChI=1S/C16H17N5/c1-12-17-8-13-9-20(7-5-15(13)18-12)10-14-11-21-6-3-2-4-16(21)19-14/h2-4,6,8,11H,5,7,9-10H2,1H3. The first kappa shape index (κ1) is 12.5. The predicted molar refractivity (Wildman–Crippen MR) is 79.8 cm³/mol. The first-order valence-electron chi connectivity index (χ1n) is 7.24. The van der Waals surface area contributed by atoms with Gasteiger partial charge in [-0.15, -0.1) is 0 Å². The zero-order valence-electron chi connectivity index (χ0n) is 12.0. The van der Waals surface area contributed by atoms with E-state index < -0.39 is 0 Å². The molecule has 0 N–H and O–H groups in total. The van der Waals surface area contributed by atoms with Gasteiger partial charge in [-0.25, -0.2) is 15.0 Å². The zero-order valence-corrected chi connectivity index (χ0v) is 12.0. The molecule has 0 bridgehead atoms. The third-order valence-electron chi connectivity index (χ3n) is 3.93. The Morgan fingerprint density at radius 2 is 2.19 bits per heavy atom. The maximum Gasteiger partial charge on any atom is 0.137 e. The van der Waals surface area contributed by atoms with Crippen LogP contribution in [-0.4, -0.2) is 30.8 Å². The van der Waals surface area contributed by atoms with Crippen molar-refractivity contribution in [1.82, 2.24) is 24.3 Å². The van der Waals surface area contributed by atoms with Crippen molar-refractivity contribution in [2.45, 2.75) is 26.4 Å². The normalized spacial score (nSPS) is 15.3. The van der Waals surface area contributed by atoms with E-state index in [9.17, 15) is 0 Å². The molecule has 1 aliphatic rings. The highest BCUT2D eigenvalue weighted by atomic mass is 15.2. The smallest absolute Gasteiger partial charge is 0.137 e. The molecule has 0 amide bonds. The van der Waals surface area contributed by atoms with Crippen LogP contribution in [-0.2, 0) is 19.5 Å². The zero-order chi connectivity index (χ0) is 14.2. The maximum atomic E-state index is 4.67. The van der Waals surface area contributed by atoms with Crippen LogP contribution in [0.1, 0.15) is 22.8 Å². The summed E-state index contributed by atoms with van der Waals surface area (Å²) in [7, 11) is 0. The van der Waals surface area contributed by atoms with Crippen molar-refractivity contribution < 1.29 is 0 Å². The first-order chi connectivity index (χ1) is 10.3. The van der Waals surface area contributed by atoms with E-state index in [1.807, 2.05) is 37.5 Å². The van der Waals surface area contributed by atoms with Crippen molar-refractivity contribution in [3.63, 3.8) is 0 Å². The molecule has 0 unspecified atom stereocenters. The molecule has 0 atom stereocenters. The average Bonchev–Trinajstić information content (AvgIpc) is 2.89. The van der Waals surface area contributed by atoms with E-state index in [0.29, 0.717) is 0 Å². The van der Waals surface area contributed by atoms with Crippen LogP contribution >= 0.6 is 0 Å². The van der Waals surface area contributed by atoms with Gasteiger partial charge in [0, 0.05) is 55.9 Å². The molecular weight excluding hydrogens is 262 g/mol. The fourth-order valence-corrected chi connectivity index (χ4v) is 2.90. The molecule has 5 nitrogen and oxygen atoms in total. The molecule has 0 aromatic carbocycles. The van der Waals surface area contributed by atoms with Gasteiger partial charge >= 0.3 is 0 Å². The Morgan fingerprint density at radius 3 is 3.10 bits per heavy atom. The fraction of sp³-hybridized carbons (Fsp3) is 0.312. The molecule has 3 aromatic heterocycles. The van der Waals surface area contributed by atoms with Crippen LogP contribution in [0.4, 0.5) is 0 Å². The summed E-state index contributed by atoms with van der Waals surface area (Å²) in [4.78, 5) is 15.9. The van der Waals surface area contributed by atoms with Gasteiger partial charge in [-0.3, -0.25) is 4.90 Å². The van der Waals surface area contributed by atoms with Crippen LogP contribution in [0.2, 0.25) is 0 Å². The highest BCUT2D eigenvalue weighted by molar-refractivity contribution is 5.39. The number of nitrogens with zero attached hydrogens (tertiary/aromatic N) is 5. The van der Waals surface area contributed by atoms with E-state index in [1.165, 1.54) is 11.3 Å². The molecule has 0 saturated carbocycles. The first-order valence-corrected chi connectivity index (χ1v) is 7.24. The lowest BCUT2D eigenvalue weighted by Gasteiger charge is -2.27. The van der Waals surface area contributed by atoms with E-state index in [-0.39, 0.29) is 0 Å². The second kappa shape index (κ2) is 4.93. The molecule has 106 valence electrons. The summed E-state index contributed by atoms with van der Waals surface area (Å²) in [6.07, 6.45) is 7.10. The summed E-state index contributed by atoms with van der Waals surface area (Å²) in [6, 6.07) is 6.07. The second-order valence-electron chi connectivity index (χ2n) is 5.55. The van der Waals surface area contributed by atoms with Crippen molar-refractivity contribution >= 4 is 5.65 Å². The van der Waals surface area contributed by atoms with E-state index in [2.05, 4.69) is 30.4 Å². The quantitative estimate of drug-likeness (QED) is 0.720. The minimum Gasteiger partial charge on any atom is -0.307 e. The third-order valence-corrected chi connectivity index (χ3v) is 3.93. The third kappa shape index (κ3) is 2.40. The van der Waals surface area contributed by atoms with E-state index in [1.54, 1.807) is 0 Å². The summed E-state index contributed by atoms with van der Waals surface area (Å²) < 4.78 is 2.07. The van der Waals surface area contributed by atoms with E-state index >= 15 is 0 Å². The monoisotopic (exact) mass is 279 g/mol. The number of aryl methyl sites for hydroxylation is 1. The number of fused-ring (bicyclic) bond motifs is 2. The van der Waals surface area contributed by atoms with Gasteiger partial charge in [0.2, 0.25) is 0 Å². The largest absolute Gasteiger partial charge is 0.307 e. The van der Waals surface area contributed by atoms with E-state index in [0.717, 1.165) is 43.2 Å². The average molecular weight is 279 g/mol. The van der Waals surface area contributed by atoms with Gasteiger partial charge < -0.3 is 4.40 Å². The van der Waals surface area contributed by atoms with Crippen molar-refractivity contribution in [2.24, 2.45) is 0 Å². The summed E-state index contributed by atoms with van der Waals surface area (Å²) in [5, 5.41) is 0. The Hall–Kier alpha value is -2.27. The van der Waals surface area contributed by atoms with Crippen molar-refractivity contribution in [1.29, 1.82) is 0 Å². The molecule has 21 heavy (non-hydrogen) atoms. The minimum atomic E-state index is 0.863. The SMILES string of the molecule is Cc1ncc2c(n1)CCN(Cc1cn3ccccc3n1)C2. The fourth-order valence-electron chi connectivity index (χ4n) is 2.90. The lowest BCUT2D eigenvalue weighted by atomic mass is 10.1. The Bertz CT molecular complexity index is 759. The van der Waals surface area contributed by atoms with Crippen molar-refractivity contribution in [2.75, 3.05) is 6.54 Å². The summed E-state index contributed by atoms with van der Waals surface area (Å²) in [6.45, 7) is 4.75. The van der Waals surface area contributed by atoms with Crippen LogP contribution in [0.5, 0.6) is 0 Å². The molecular formula is C16H17N5. The Labute approximate surface area is 123 Å². The summed E-state index contributed by atoms with van der Waals surface area (Å²) in [5.41, 5.74) is 4.56. The van der Waals surface area contributed by atoms with Crippen molar-refractivity contribution in [3.8, 4) is 0 Å². The van der Waals surface area contributed by atoms with Crippen LogP contribution in [0.15, 0.2) is 36.8 Å². The molecule has 0 radical (unpaired) electrons.